The molecule has 5 rings (SSSR count). The van der Waals surface area contributed by atoms with E-state index < -0.39 is 10.1 Å². The van der Waals surface area contributed by atoms with E-state index >= 15 is 0 Å². The number of unbranched alkanes of at least 4 members (excludes halogenated alkanes) is 1. The molecule has 0 spiro atoms. The first-order valence-electron chi connectivity index (χ1n) is 16.4. The molecule has 5 nitrogen and oxygen atoms in total. The van der Waals surface area contributed by atoms with E-state index in [9.17, 15) is 13.0 Å². The number of anilines is 1. The van der Waals surface area contributed by atoms with Crippen molar-refractivity contribution in [2.24, 2.45) is 0 Å². The Hall–Kier alpha value is -2.45. The van der Waals surface area contributed by atoms with Crippen molar-refractivity contribution in [1.29, 1.82) is 0 Å². The molecule has 1 N–H and O–H groups in total. The van der Waals surface area contributed by atoms with Gasteiger partial charge in [0.1, 0.15) is 6.54 Å². The molecule has 1 aliphatic carbocycles. The fraction of sp³-hybridized carbons (Fsp3) is 0.447. The van der Waals surface area contributed by atoms with Crippen LogP contribution in [0.3, 0.4) is 0 Å². The zero-order valence-corrected chi connectivity index (χ0v) is 31.1. The summed E-state index contributed by atoms with van der Waals surface area (Å²) in [5.41, 5.74) is 10.4. The summed E-state index contributed by atoms with van der Waals surface area (Å²) >= 11 is 10.9. The Balaban J connectivity index is 1.49. The van der Waals surface area contributed by atoms with Gasteiger partial charge in [-0.3, -0.25) is 4.55 Å². The highest BCUT2D eigenvalue weighted by Crippen LogP contribution is 2.48. The summed E-state index contributed by atoms with van der Waals surface area (Å²) in [4.78, 5) is 2.21. The van der Waals surface area contributed by atoms with Gasteiger partial charge >= 0.3 is 0 Å². The van der Waals surface area contributed by atoms with Crippen LogP contribution < -0.4 is 4.90 Å². The van der Waals surface area contributed by atoms with E-state index in [0.717, 1.165) is 70.7 Å². The van der Waals surface area contributed by atoms with E-state index in [2.05, 4.69) is 128 Å². The average Bonchev–Trinajstić information content (AvgIpc) is 3.31. The third-order valence-electron chi connectivity index (χ3n) is 9.76. The first-order chi connectivity index (χ1) is 21.6. The van der Waals surface area contributed by atoms with Gasteiger partial charge in [0.25, 0.3) is 10.1 Å². The van der Waals surface area contributed by atoms with E-state index in [1.54, 1.807) is 0 Å². The molecule has 2 aromatic carbocycles. The number of halogens is 2. The molecule has 3 aliphatic rings. The third kappa shape index (κ3) is 7.03. The standard InChI is InChI=1S/C38H46BrClN2O3S/c1-7-8-21-41-33-18-16-29(39)25-31(33)38(5,6)35(41)20-15-28-12-9-11-27(36(28)40)14-19-34-37(3,4)30-24-26(2)13-17-32(30)42(34)22-10-23-46(43,44)45/h13-20,24-25H,7-12,21-23H2,1-6H3/p+1. The predicted molar refractivity (Wildman–Crippen MR) is 196 cm³/mol. The van der Waals surface area contributed by atoms with Gasteiger partial charge in [-0.05, 0) is 87.4 Å². The maximum atomic E-state index is 11.5. The fourth-order valence-electron chi connectivity index (χ4n) is 7.21. The number of hydrogen-bond acceptors (Lipinski definition) is 3. The minimum Gasteiger partial charge on any atom is -0.344 e. The zero-order valence-electron chi connectivity index (χ0n) is 28.0. The SMILES string of the molecule is CCCC[N+]1=C(C=CC2=C(Cl)C(=CC=C3N(CCCS(=O)(=O)O)c4ccc(C)cc4C3(C)C)CCC2)C(C)(C)c2cc(Br)ccc21. The highest BCUT2D eigenvalue weighted by atomic mass is 79.9. The van der Waals surface area contributed by atoms with E-state index in [1.165, 1.54) is 28.1 Å². The first-order valence-corrected chi connectivity index (χ1v) is 19.2. The van der Waals surface area contributed by atoms with Gasteiger partial charge < -0.3 is 4.90 Å². The van der Waals surface area contributed by atoms with Crippen molar-refractivity contribution in [2.75, 3.05) is 23.7 Å². The zero-order chi connectivity index (χ0) is 33.4. The molecule has 0 fully saturated rings. The number of fused-ring (bicyclic) bond motifs is 2. The quantitative estimate of drug-likeness (QED) is 0.196. The Morgan fingerprint density at radius 1 is 1.00 bits per heavy atom. The summed E-state index contributed by atoms with van der Waals surface area (Å²) in [6, 6.07) is 13.1. The molecule has 2 aliphatic heterocycles. The van der Waals surface area contributed by atoms with Gasteiger partial charge in [-0.1, -0.05) is 84.6 Å². The monoisotopic (exact) mass is 725 g/mol. The summed E-state index contributed by atoms with van der Waals surface area (Å²) < 4.78 is 35.9. The molecule has 0 saturated carbocycles. The van der Waals surface area contributed by atoms with Gasteiger partial charge in [0.05, 0.1) is 11.2 Å². The van der Waals surface area contributed by atoms with Crippen molar-refractivity contribution in [3.8, 4) is 0 Å². The molecule has 0 aromatic heterocycles. The van der Waals surface area contributed by atoms with Gasteiger partial charge in [-0.15, -0.1) is 0 Å². The van der Waals surface area contributed by atoms with Crippen molar-refractivity contribution in [1.82, 2.24) is 0 Å². The minimum atomic E-state index is -4.03. The van der Waals surface area contributed by atoms with Crippen LogP contribution in [0.4, 0.5) is 11.4 Å². The lowest BCUT2D eigenvalue weighted by Gasteiger charge is -2.27. The number of rotatable bonds is 10. The van der Waals surface area contributed by atoms with Crippen LogP contribution in [0, 0.1) is 6.92 Å². The molecule has 246 valence electrons. The van der Waals surface area contributed by atoms with Gasteiger partial charge in [0.2, 0.25) is 5.69 Å². The third-order valence-corrected chi connectivity index (χ3v) is 11.5. The summed E-state index contributed by atoms with van der Waals surface area (Å²) in [6.45, 7) is 14.9. The fourth-order valence-corrected chi connectivity index (χ4v) is 8.38. The number of aryl methyl sites for hydroxylation is 1. The van der Waals surface area contributed by atoms with Crippen molar-refractivity contribution in [3.63, 3.8) is 0 Å². The Kier molecular flexibility index (Phi) is 10.3. The summed E-state index contributed by atoms with van der Waals surface area (Å²) in [5.74, 6) is -0.266. The largest absolute Gasteiger partial charge is 0.344 e. The van der Waals surface area contributed by atoms with Crippen molar-refractivity contribution in [3.05, 3.63) is 104 Å². The second-order valence-electron chi connectivity index (χ2n) is 13.9. The van der Waals surface area contributed by atoms with Crippen LogP contribution in [0.2, 0.25) is 0 Å². The van der Waals surface area contributed by atoms with Crippen LogP contribution in [0.5, 0.6) is 0 Å². The Morgan fingerprint density at radius 3 is 2.48 bits per heavy atom. The highest BCUT2D eigenvalue weighted by Gasteiger charge is 2.44. The van der Waals surface area contributed by atoms with Crippen LogP contribution in [0.15, 0.2) is 87.1 Å². The molecule has 0 radical (unpaired) electrons. The molecule has 2 aromatic rings. The van der Waals surface area contributed by atoms with E-state index in [0.29, 0.717) is 13.0 Å². The van der Waals surface area contributed by atoms with Gasteiger partial charge in [0.15, 0.2) is 5.71 Å². The summed E-state index contributed by atoms with van der Waals surface area (Å²) in [7, 11) is -4.03. The lowest BCUT2D eigenvalue weighted by atomic mass is 9.81. The van der Waals surface area contributed by atoms with Crippen molar-refractivity contribution in [2.45, 2.75) is 90.9 Å². The average molecular weight is 727 g/mol. The molecule has 0 unspecified atom stereocenters. The summed E-state index contributed by atoms with van der Waals surface area (Å²) in [5, 5.41) is 0.818. The molecule has 46 heavy (non-hydrogen) atoms. The van der Waals surface area contributed by atoms with E-state index in [-0.39, 0.29) is 16.6 Å². The molecule has 0 bridgehead atoms. The molecular formula is C38H47BrClN2O3S+. The molecule has 0 amide bonds. The molecular weight excluding hydrogens is 680 g/mol. The highest BCUT2D eigenvalue weighted by molar-refractivity contribution is 9.10. The van der Waals surface area contributed by atoms with Crippen LogP contribution in [-0.4, -0.2) is 42.1 Å². The first kappa shape index (κ1) is 34.9. The maximum Gasteiger partial charge on any atom is 0.264 e. The Bertz CT molecular complexity index is 1800. The lowest BCUT2D eigenvalue weighted by Crippen LogP contribution is -2.28. The van der Waals surface area contributed by atoms with Crippen LogP contribution in [0.1, 0.15) is 89.8 Å². The van der Waals surface area contributed by atoms with Crippen molar-refractivity contribution < 1.29 is 17.5 Å². The molecule has 8 heteroatoms. The number of nitrogens with zero attached hydrogens (tertiary/aromatic N) is 2. The Labute approximate surface area is 289 Å². The smallest absolute Gasteiger partial charge is 0.264 e. The van der Waals surface area contributed by atoms with Gasteiger partial charge in [-0.2, -0.15) is 13.0 Å². The van der Waals surface area contributed by atoms with E-state index in [4.69, 9.17) is 11.6 Å². The van der Waals surface area contributed by atoms with Gasteiger partial charge in [-0.25, -0.2) is 0 Å². The predicted octanol–water partition coefficient (Wildman–Crippen LogP) is 10.1. The molecule has 0 saturated heterocycles. The van der Waals surface area contributed by atoms with Crippen LogP contribution in [0.25, 0.3) is 0 Å². The normalized spacial score (nSPS) is 20.8. The number of benzene rings is 2. The molecule has 2 heterocycles. The van der Waals surface area contributed by atoms with Gasteiger partial charge in [0, 0.05) is 57.0 Å². The maximum absolute atomic E-state index is 11.5. The van der Waals surface area contributed by atoms with Crippen molar-refractivity contribution >= 4 is 54.7 Å². The van der Waals surface area contributed by atoms with Crippen LogP contribution in [-0.2, 0) is 20.9 Å². The lowest BCUT2D eigenvalue weighted by molar-refractivity contribution is -0.438. The van der Waals surface area contributed by atoms with Crippen LogP contribution >= 0.6 is 27.5 Å². The number of allylic oxidation sites excluding steroid dienone is 8. The van der Waals surface area contributed by atoms with E-state index in [1.807, 2.05) is 0 Å². The second-order valence-corrected chi connectivity index (χ2v) is 16.7. The summed E-state index contributed by atoms with van der Waals surface area (Å²) in [6.07, 6.45) is 14.3. The second kappa shape index (κ2) is 13.6. The number of hydrogen-bond donors (Lipinski definition) is 1. The minimum absolute atomic E-state index is 0.131. The topological polar surface area (TPSA) is 60.6 Å². The Morgan fingerprint density at radius 2 is 1.76 bits per heavy atom. The molecule has 0 atom stereocenters.